The van der Waals surface area contributed by atoms with Crippen LogP contribution in [0.5, 0.6) is 0 Å². The Morgan fingerprint density at radius 2 is 1.84 bits per heavy atom. The van der Waals surface area contributed by atoms with Crippen molar-refractivity contribution in [1.82, 2.24) is 20.4 Å². The Bertz CT molecular complexity index is 1120. The largest absolute Gasteiger partial charge is 0.465 e. The quantitative estimate of drug-likeness (QED) is 0.328. The van der Waals surface area contributed by atoms with Gasteiger partial charge in [0.1, 0.15) is 6.33 Å². The van der Waals surface area contributed by atoms with E-state index in [4.69, 9.17) is 4.74 Å². The summed E-state index contributed by atoms with van der Waals surface area (Å²) < 4.78 is 4.77. The standard InChI is InChI=1S/C19H17N7O5/c1-25(14-6-4-3-5-13(14)19(28)31-2)17-15(26(29)30)16(21-11-22-17)23-24-18(27)12-7-9-20-10-8-12/h3-11H,1-2H3,(H,24,27)(H,21,22,23). The van der Waals surface area contributed by atoms with Crippen molar-refractivity contribution < 1.29 is 19.2 Å². The summed E-state index contributed by atoms with van der Waals surface area (Å²) in [4.78, 5) is 48.5. The van der Waals surface area contributed by atoms with E-state index in [1.54, 1.807) is 18.2 Å². The number of nitro groups is 1. The van der Waals surface area contributed by atoms with Crippen molar-refractivity contribution in [2.75, 3.05) is 24.5 Å². The molecule has 0 unspecified atom stereocenters. The lowest BCUT2D eigenvalue weighted by molar-refractivity contribution is -0.383. The van der Waals surface area contributed by atoms with Gasteiger partial charge in [0.2, 0.25) is 11.6 Å². The number of anilines is 3. The fourth-order valence-electron chi connectivity index (χ4n) is 2.73. The first-order valence-corrected chi connectivity index (χ1v) is 8.81. The number of methoxy groups -OCH3 is 1. The Hall–Kier alpha value is -4.61. The lowest BCUT2D eigenvalue weighted by atomic mass is 10.1. The third kappa shape index (κ3) is 4.53. The van der Waals surface area contributed by atoms with Crippen LogP contribution in [-0.4, -0.2) is 45.9 Å². The third-order valence-corrected chi connectivity index (χ3v) is 4.21. The number of esters is 1. The normalized spacial score (nSPS) is 10.1. The third-order valence-electron chi connectivity index (χ3n) is 4.21. The second-order valence-electron chi connectivity index (χ2n) is 6.03. The zero-order valence-corrected chi connectivity index (χ0v) is 16.5. The van der Waals surface area contributed by atoms with Gasteiger partial charge in [0.15, 0.2) is 0 Å². The summed E-state index contributed by atoms with van der Waals surface area (Å²) in [6.45, 7) is 0. The van der Waals surface area contributed by atoms with Gasteiger partial charge in [-0.05, 0) is 24.3 Å². The van der Waals surface area contributed by atoms with Crippen molar-refractivity contribution in [3.8, 4) is 0 Å². The summed E-state index contributed by atoms with van der Waals surface area (Å²) in [6, 6.07) is 9.39. The Morgan fingerprint density at radius 3 is 2.52 bits per heavy atom. The molecule has 0 saturated carbocycles. The van der Waals surface area contributed by atoms with Crippen LogP contribution in [0.2, 0.25) is 0 Å². The number of amides is 1. The number of carbonyl (C=O) groups excluding carboxylic acids is 2. The molecule has 0 atom stereocenters. The van der Waals surface area contributed by atoms with Gasteiger partial charge < -0.3 is 9.64 Å². The highest BCUT2D eigenvalue weighted by Gasteiger charge is 2.28. The van der Waals surface area contributed by atoms with Crippen molar-refractivity contribution in [2.24, 2.45) is 0 Å². The van der Waals surface area contributed by atoms with E-state index < -0.39 is 22.5 Å². The van der Waals surface area contributed by atoms with Crippen LogP contribution in [0.4, 0.5) is 23.0 Å². The van der Waals surface area contributed by atoms with Gasteiger partial charge in [0, 0.05) is 25.0 Å². The van der Waals surface area contributed by atoms with Crippen LogP contribution in [-0.2, 0) is 4.74 Å². The predicted molar refractivity (Wildman–Crippen MR) is 110 cm³/mol. The van der Waals surface area contributed by atoms with E-state index in [1.165, 1.54) is 49.7 Å². The molecule has 0 radical (unpaired) electrons. The average Bonchev–Trinajstić information content (AvgIpc) is 2.81. The molecule has 0 fully saturated rings. The minimum atomic E-state index is -0.687. The fraction of sp³-hybridized carbons (Fsp3) is 0.105. The number of para-hydroxylation sites is 1. The van der Waals surface area contributed by atoms with E-state index in [0.717, 1.165) is 6.33 Å². The number of benzene rings is 1. The van der Waals surface area contributed by atoms with E-state index in [9.17, 15) is 19.7 Å². The molecule has 2 N–H and O–H groups in total. The van der Waals surface area contributed by atoms with E-state index in [0.29, 0.717) is 11.3 Å². The first-order chi connectivity index (χ1) is 14.9. The summed E-state index contributed by atoms with van der Waals surface area (Å²) in [5.74, 6) is -1.49. The summed E-state index contributed by atoms with van der Waals surface area (Å²) >= 11 is 0. The lowest BCUT2D eigenvalue weighted by Crippen LogP contribution is -2.30. The summed E-state index contributed by atoms with van der Waals surface area (Å²) in [6.07, 6.45) is 3.97. The predicted octanol–water partition coefficient (Wildman–Crippen LogP) is 2.09. The van der Waals surface area contributed by atoms with Crippen LogP contribution in [0.15, 0.2) is 55.1 Å². The smallest absolute Gasteiger partial charge is 0.355 e. The molecule has 0 saturated heterocycles. The molecule has 3 aromatic rings. The maximum absolute atomic E-state index is 12.2. The number of hydrazine groups is 1. The highest BCUT2D eigenvalue weighted by atomic mass is 16.6. The minimum Gasteiger partial charge on any atom is -0.465 e. The summed E-state index contributed by atoms with van der Waals surface area (Å²) in [5.41, 5.74) is 5.13. The van der Waals surface area contributed by atoms with E-state index in [2.05, 4.69) is 25.8 Å². The van der Waals surface area contributed by atoms with Crippen molar-refractivity contribution in [3.05, 3.63) is 76.4 Å². The highest BCUT2D eigenvalue weighted by molar-refractivity contribution is 5.97. The topological polar surface area (TPSA) is 152 Å². The molecule has 2 heterocycles. The number of nitrogens with zero attached hydrogens (tertiary/aromatic N) is 5. The molecular formula is C19H17N7O5. The van der Waals surface area contributed by atoms with E-state index in [-0.39, 0.29) is 17.2 Å². The molecular weight excluding hydrogens is 406 g/mol. The monoisotopic (exact) mass is 423 g/mol. The SMILES string of the molecule is COC(=O)c1ccccc1N(C)c1ncnc(NNC(=O)c2ccncc2)c1[N+](=O)[O-]. The van der Waals surface area contributed by atoms with Crippen molar-refractivity contribution in [3.63, 3.8) is 0 Å². The van der Waals surface area contributed by atoms with Gasteiger partial charge in [-0.3, -0.25) is 30.7 Å². The Morgan fingerprint density at radius 1 is 1.13 bits per heavy atom. The van der Waals surface area contributed by atoms with Crippen molar-refractivity contribution in [2.45, 2.75) is 0 Å². The van der Waals surface area contributed by atoms with Crippen LogP contribution in [0.3, 0.4) is 0 Å². The molecule has 0 bridgehead atoms. The molecule has 158 valence electrons. The molecule has 3 rings (SSSR count). The second kappa shape index (κ2) is 9.26. The number of ether oxygens (including phenoxy) is 1. The number of aromatic nitrogens is 3. The van der Waals surface area contributed by atoms with E-state index in [1.807, 2.05) is 0 Å². The van der Waals surface area contributed by atoms with Gasteiger partial charge in [-0.25, -0.2) is 14.8 Å². The second-order valence-corrected chi connectivity index (χ2v) is 6.03. The number of rotatable bonds is 7. The zero-order valence-electron chi connectivity index (χ0n) is 16.5. The van der Waals surface area contributed by atoms with Crippen LogP contribution >= 0.6 is 0 Å². The van der Waals surface area contributed by atoms with Gasteiger partial charge in [-0.1, -0.05) is 12.1 Å². The first-order valence-electron chi connectivity index (χ1n) is 8.81. The molecule has 12 nitrogen and oxygen atoms in total. The van der Waals surface area contributed by atoms with Gasteiger partial charge in [-0.2, -0.15) is 0 Å². The number of pyridine rings is 1. The molecule has 31 heavy (non-hydrogen) atoms. The molecule has 0 aliphatic carbocycles. The van der Waals surface area contributed by atoms with Gasteiger partial charge in [-0.15, -0.1) is 0 Å². The number of nitrogens with one attached hydrogen (secondary N) is 2. The maximum Gasteiger partial charge on any atom is 0.355 e. The van der Waals surface area contributed by atoms with Crippen molar-refractivity contribution >= 4 is 34.9 Å². The van der Waals surface area contributed by atoms with Crippen LogP contribution in [0.1, 0.15) is 20.7 Å². The maximum atomic E-state index is 12.2. The minimum absolute atomic E-state index is 0.1000. The fourth-order valence-corrected chi connectivity index (χ4v) is 2.73. The van der Waals surface area contributed by atoms with Crippen LogP contribution in [0, 0.1) is 10.1 Å². The molecule has 0 aliphatic rings. The van der Waals surface area contributed by atoms with E-state index >= 15 is 0 Å². The van der Waals surface area contributed by atoms with Gasteiger partial charge >= 0.3 is 11.7 Å². The van der Waals surface area contributed by atoms with Crippen LogP contribution in [0.25, 0.3) is 0 Å². The number of hydrogen-bond acceptors (Lipinski definition) is 10. The molecule has 1 aromatic carbocycles. The molecule has 0 spiro atoms. The highest BCUT2D eigenvalue weighted by Crippen LogP contribution is 2.35. The number of hydrogen-bond donors (Lipinski definition) is 2. The molecule has 0 aliphatic heterocycles. The van der Waals surface area contributed by atoms with Crippen molar-refractivity contribution in [1.29, 1.82) is 0 Å². The molecule has 12 heteroatoms. The summed E-state index contributed by atoms with van der Waals surface area (Å²) in [7, 11) is 2.75. The number of carbonyl (C=O) groups is 2. The lowest BCUT2D eigenvalue weighted by Gasteiger charge is -2.21. The Labute approximate surface area is 176 Å². The summed E-state index contributed by atoms with van der Waals surface area (Å²) in [5, 5.41) is 11.8. The molecule has 2 aromatic heterocycles. The van der Waals surface area contributed by atoms with Crippen LogP contribution < -0.4 is 15.8 Å². The Balaban J connectivity index is 1.95. The average molecular weight is 423 g/mol. The first kappa shape index (κ1) is 21.1. The zero-order chi connectivity index (χ0) is 22.4. The van der Waals surface area contributed by atoms with Gasteiger partial charge in [0.05, 0.1) is 23.3 Å². The van der Waals surface area contributed by atoms with Gasteiger partial charge in [0.25, 0.3) is 5.91 Å². The molecule has 1 amide bonds. The Kier molecular flexibility index (Phi) is 6.30.